The number of carbonyl (C=O) groups excluding carboxylic acids is 1. The molecule has 2 fully saturated rings. The zero-order valence-electron chi connectivity index (χ0n) is 12.6. The van der Waals surface area contributed by atoms with Crippen LogP contribution in [0.5, 0.6) is 0 Å². The second-order valence-corrected chi connectivity index (χ2v) is 6.97. The van der Waals surface area contributed by atoms with Crippen LogP contribution < -0.4 is 0 Å². The third-order valence-corrected chi connectivity index (χ3v) is 5.47. The Morgan fingerprint density at radius 1 is 1.18 bits per heavy atom. The molecular weight excluding hydrogens is 323 g/mol. The number of aliphatic hydroxyl groups is 1. The van der Waals surface area contributed by atoms with E-state index in [-0.39, 0.29) is 11.9 Å². The predicted molar refractivity (Wildman–Crippen MR) is 87.7 cm³/mol. The molecule has 2 atom stereocenters. The Balaban J connectivity index is 1.76. The number of amides is 1. The van der Waals surface area contributed by atoms with Crippen LogP contribution in [0, 0.1) is 6.92 Å². The second-order valence-electron chi connectivity index (χ2n) is 6.15. The number of β-amino-alcohol motifs (C(OH)–C–C–N with tert-alkyl or cyclic N) is 1. The van der Waals surface area contributed by atoms with Gasteiger partial charge in [-0.1, -0.05) is 23.2 Å². The maximum absolute atomic E-state index is 12.6. The van der Waals surface area contributed by atoms with Crippen LogP contribution in [0.2, 0.25) is 10.0 Å². The van der Waals surface area contributed by atoms with E-state index in [1.54, 1.807) is 17.0 Å². The van der Waals surface area contributed by atoms with E-state index in [9.17, 15) is 9.90 Å². The third-order valence-electron chi connectivity index (χ3n) is 4.68. The summed E-state index contributed by atoms with van der Waals surface area (Å²) in [6, 6.07) is 3.35. The van der Waals surface area contributed by atoms with E-state index in [0.717, 1.165) is 18.7 Å². The van der Waals surface area contributed by atoms with Gasteiger partial charge in [0.25, 0.3) is 5.91 Å². The number of benzene rings is 1. The smallest absolute Gasteiger partial charge is 0.254 e. The van der Waals surface area contributed by atoms with Crippen LogP contribution in [-0.2, 0) is 0 Å². The lowest BCUT2D eigenvalue weighted by atomic mass is 10.1. The molecule has 2 heterocycles. The number of likely N-dealkylation sites (tertiary alicyclic amines) is 2. The molecule has 6 heteroatoms. The maximum Gasteiger partial charge on any atom is 0.254 e. The van der Waals surface area contributed by atoms with Crippen molar-refractivity contribution in [2.45, 2.75) is 31.9 Å². The van der Waals surface area contributed by atoms with Gasteiger partial charge in [-0.25, -0.2) is 0 Å². The second kappa shape index (κ2) is 6.36. The molecule has 2 saturated heterocycles. The first-order chi connectivity index (χ1) is 10.5. The van der Waals surface area contributed by atoms with Crippen molar-refractivity contribution in [3.63, 3.8) is 0 Å². The third kappa shape index (κ3) is 2.98. The highest BCUT2D eigenvalue weighted by atomic mass is 35.5. The highest BCUT2D eigenvalue weighted by molar-refractivity contribution is 6.36. The van der Waals surface area contributed by atoms with E-state index in [4.69, 9.17) is 23.2 Å². The molecule has 3 rings (SSSR count). The number of nitrogens with zero attached hydrogens (tertiary/aromatic N) is 2. The highest BCUT2D eigenvalue weighted by Crippen LogP contribution is 2.28. The number of carbonyl (C=O) groups is 1. The van der Waals surface area contributed by atoms with E-state index in [0.29, 0.717) is 28.7 Å². The van der Waals surface area contributed by atoms with Gasteiger partial charge < -0.3 is 10.0 Å². The molecule has 0 spiro atoms. The Labute approximate surface area is 140 Å². The molecule has 4 nitrogen and oxygen atoms in total. The molecule has 2 aliphatic heterocycles. The zero-order valence-corrected chi connectivity index (χ0v) is 14.1. The SMILES string of the molecule is Cc1c(Cl)cc(C(=O)N2C[C@H](O)[C@@H](N3CCCC3)C2)cc1Cl. The van der Waals surface area contributed by atoms with Crippen LogP contribution in [-0.4, -0.2) is 59.1 Å². The minimum atomic E-state index is -0.488. The fraction of sp³-hybridized carbons (Fsp3) is 0.562. The minimum Gasteiger partial charge on any atom is -0.390 e. The van der Waals surface area contributed by atoms with Gasteiger partial charge in [-0.3, -0.25) is 9.69 Å². The molecule has 1 aromatic carbocycles. The first-order valence-electron chi connectivity index (χ1n) is 7.64. The van der Waals surface area contributed by atoms with E-state index in [1.165, 1.54) is 12.8 Å². The van der Waals surface area contributed by atoms with Crippen molar-refractivity contribution in [1.82, 2.24) is 9.80 Å². The van der Waals surface area contributed by atoms with Crippen LogP contribution in [0.15, 0.2) is 12.1 Å². The maximum atomic E-state index is 12.6. The Morgan fingerprint density at radius 2 is 1.77 bits per heavy atom. The molecule has 0 radical (unpaired) electrons. The van der Waals surface area contributed by atoms with Gasteiger partial charge in [0, 0.05) is 28.7 Å². The number of rotatable bonds is 2. The lowest BCUT2D eigenvalue weighted by Gasteiger charge is -2.25. The van der Waals surface area contributed by atoms with E-state index in [2.05, 4.69) is 4.90 Å². The van der Waals surface area contributed by atoms with Gasteiger partial charge in [-0.2, -0.15) is 0 Å². The lowest BCUT2D eigenvalue weighted by Crippen LogP contribution is -2.41. The van der Waals surface area contributed by atoms with Gasteiger partial charge in [0.2, 0.25) is 0 Å². The van der Waals surface area contributed by atoms with Crippen LogP contribution in [0.3, 0.4) is 0 Å². The van der Waals surface area contributed by atoms with Gasteiger partial charge >= 0.3 is 0 Å². The van der Waals surface area contributed by atoms with Crippen molar-refractivity contribution < 1.29 is 9.90 Å². The number of hydrogen-bond donors (Lipinski definition) is 1. The summed E-state index contributed by atoms with van der Waals surface area (Å²) in [5, 5.41) is 11.3. The van der Waals surface area contributed by atoms with E-state index >= 15 is 0 Å². The molecule has 0 bridgehead atoms. The molecule has 120 valence electrons. The number of aliphatic hydroxyl groups excluding tert-OH is 1. The number of hydrogen-bond acceptors (Lipinski definition) is 3. The van der Waals surface area contributed by atoms with Crippen LogP contribution >= 0.6 is 23.2 Å². The monoisotopic (exact) mass is 342 g/mol. The normalized spacial score (nSPS) is 25.9. The summed E-state index contributed by atoms with van der Waals surface area (Å²) in [4.78, 5) is 16.6. The quantitative estimate of drug-likeness (QED) is 0.898. The van der Waals surface area contributed by atoms with Crippen molar-refractivity contribution in [3.05, 3.63) is 33.3 Å². The van der Waals surface area contributed by atoms with Crippen LogP contribution in [0.4, 0.5) is 0 Å². The summed E-state index contributed by atoms with van der Waals surface area (Å²) < 4.78 is 0. The Morgan fingerprint density at radius 3 is 2.36 bits per heavy atom. The summed E-state index contributed by atoms with van der Waals surface area (Å²) in [5.41, 5.74) is 1.26. The van der Waals surface area contributed by atoms with Gasteiger partial charge in [0.15, 0.2) is 0 Å². The van der Waals surface area contributed by atoms with Gasteiger partial charge in [-0.15, -0.1) is 0 Å². The molecule has 1 aromatic rings. The molecule has 22 heavy (non-hydrogen) atoms. The van der Waals surface area contributed by atoms with Crippen molar-refractivity contribution in [3.8, 4) is 0 Å². The first-order valence-corrected chi connectivity index (χ1v) is 8.40. The van der Waals surface area contributed by atoms with Crippen molar-refractivity contribution in [1.29, 1.82) is 0 Å². The van der Waals surface area contributed by atoms with E-state index in [1.807, 2.05) is 6.92 Å². The summed E-state index contributed by atoms with van der Waals surface area (Å²) in [5.74, 6) is -0.121. The summed E-state index contributed by atoms with van der Waals surface area (Å²) >= 11 is 12.2. The molecular formula is C16H20Cl2N2O2. The molecule has 0 saturated carbocycles. The molecule has 1 N–H and O–H groups in total. The fourth-order valence-electron chi connectivity index (χ4n) is 3.32. The van der Waals surface area contributed by atoms with Crippen molar-refractivity contribution in [2.75, 3.05) is 26.2 Å². The first kappa shape index (κ1) is 16.1. The highest BCUT2D eigenvalue weighted by Gasteiger charge is 2.38. The summed E-state index contributed by atoms with van der Waals surface area (Å²) in [6.45, 7) is 4.76. The fourth-order valence-corrected chi connectivity index (χ4v) is 3.81. The number of halogens is 2. The van der Waals surface area contributed by atoms with Gasteiger partial charge in [0.1, 0.15) is 0 Å². The van der Waals surface area contributed by atoms with E-state index < -0.39 is 6.10 Å². The average molecular weight is 343 g/mol. The topological polar surface area (TPSA) is 43.8 Å². The van der Waals surface area contributed by atoms with Crippen molar-refractivity contribution >= 4 is 29.1 Å². The largest absolute Gasteiger partial charge is 0.390 e. The molecule has 0 aromatic heterocycles. The Bertz CT molecular complexity index is 565. The predicted octanol–water partition coefficient (Wildman–Crippen LogP) is 2.58. The van der Waals surface area contributed by atoms with Crippen LogP contribution in [0.1, 0.15) is 28.8 Å². The standard InChI is InChI=1S/C16H20Cl2N2O2/c1-10-12(17)6-11(7-13(10)18)16(22)20-8-14(15(21)9-20)19-4-2-3-5-19/h6-7,14-15,21H,2-5,8-9H2,1H3/t14-,15-/m0/s1. The molecule has 0 aliphatic carbocycles. The van der Waals surface area contributed by atoms with Gasteiger partial charge in [-0.05, 0) is 50.6 Å². The zero-order chi connectivity index (χ0) is 15.9. The Hall–Kier alpha value is -0.810. The Kier molecular flexibility index (Phi) is 4.64. The molecule has 2 aliphatic rings. The van der Waals surface area contributed by atoms with Crippen molar-refractivity contribution in [2.24, 2.45) is 0 Å². The molecule has 0 unspecified atom stereocenters. The minimum absolute atomic E-state index is 0.0443. The summed E-state index contributed by atoms with van der Waals surface area (Å²) in [7, 11) is 0. The molecule has 1 amide bonds. The lowest BCUT2D eigenvalue weighted by molar-refractivity contribution is 0.0763. The summed E-state index contributed by atoms with van der Waals surface area (Å²) in [6.07, 6.45) is 1.85. The average Bonchev–Trinajstić information content (AvgIpc) is 3.12. The van der Waals surface area contributed by atoms with Crippen LogP contribution in [0.25, 0.3) is 0 Å². The van der Waals surface area contributed by atoms with Gasteiger partial charge in [0.05, 0.1) is 12.1 Å².